The van der Waals surface area contributed by atoms with E-state index in [1.54, 1.807) is 11.8 Å². The average Bonchev–Trinajstić information content (AvgIpc) is 3.08. The number of nitrogens with one attached hydrogen (secondary N) is 2. The van der Waals surface area contributed by atoms with Crippen molar-refractivity contribution in [2.45, 2.75) is 37.1 Å². The van der Waals surface area contributed by atoms with E-state index in [1.807, 2.05) is 24.3 Å². The number of rotatable bonds is 7. The molecule has 0 fully saturated rings. The first kappa shape index (κ1) is 18.9. The number of aromatic nitrogens is 1. The van der Waals surface area contributed by atoms with Crippen LogP contribution in [0.5, 0.6) is 0 Å². The van der Waals surface area contributed by atoms with E-state index in [9.17, 15) is 4.79 Å². The Kier molecular flexibility index (Phi) is 6.28. The van der Waals surface area contributed by atoms with Crippen molar-refractivity contribution in [3.05, 3.63) is 64.8 Å². The third-order valence-electron chi connectivity index (χ3n) is 4.50. The van der Waals surface area contributed by atoms with Crippen molar-refractivity contribution in [1.29, 1.82) is 0 Å². The molecule has 0 aliphatic heterocycles. The first-order valence-electron chi connectivity index (χ1n) is 8.83. The van der Waals surface area contributed by atoms with Crippen LogP contribution in [0.3, 0.4) is 0 Å². The highest BCUT2D eigenvalue weighted by Crippen LogP contribution is 2.24. The smallest absolute Gasteiger partial charge is 0.268 e. The van der Waals surface area contributed by atoms with Crippen LogP contribution >= 0.6 is 23.4 Å². The van der Waals surface area contributed by atoms with E-state index in [0.29, 0.717) is 10.7 Å². The zero-order chi connectivity index (χ0) is 18.5. The second-order valence-corrected chi connectivity index (χ2v) is 7.67. The summed E-state index contributed by atoms with van der Waals surface area (Å²) in [7, 11) is 0. The third kappa shape index (κ3) is 4.43. The van der Waals surface area contributed by atoms with Crippen LogP contribution in [0.15, 0.2) is 53.4 Å². The number of thioether (sulfide) groups is 1. The second-order valence-electron chi connectivity index (χ2n) is 6.36. The SMILES string of the molecule is CCCCC(NC(=O)c1cc2cc(Cl)ccc2[nH]1)c1ccc(SC)cc1. The first-order valence-corrected chi connectivity index (χ1v) is 10.4. The van der Waals surface area contributed by atoms with Crippen LogP contribution in [0.1, 0.15) is 48.3 Å². The lowest BCUT2D eigenvalue weighted by Gasteiger charge is -2.19. The van der Waals surface area contributed by atoms with Gasteiger partial charge in [-0.2, -0.15) is 0 Å². The summed E-state index contributed by atoms with van der Waals surface area (Å²) in [4.78, 5) is 17.2. The van der Waals surface area contributed by atoms with E-state index < -0.39 is 0 Å². The molecule has 1 aromatic heterocycles. The maximum absolute atomic E-state index is 12.8. The molecule has 1 unspecified atom stereocenters. The van der Waals surface area contributed by atoms with Gasteiger partial charge in [-0.25, -0.2) is 0 Å². The van der Waals surface area contributed by atoms with Crippen LogP contribution in [0, 0.1) is 0 Å². The molecule has 26 heavy (non-hydrogen) atoms. The number of hydrogen-bond acceptors (Lipinski definition) is 2. The first-order chi connectivity index (χ1) is 12.6. The van der Waals surface area contributed by atoms with Gasteiger partial charge in [-0.15, -0.1) is 11.8 Å². The van der Waals surface area contributed by atoms with Crippen LogP contribution in [-0.4, -0.2) is 17.1 Å². The fourth-order valence-electron chi connectivity index (χ4n) is 3.03. The van der Waals surface area contributed by atoms with Gasteiger partial charge in [0.1, 0.15) is 5.69 Å². The average molecular weight is 387 g/mol. The Morgan fingerprint density at radius 3 is 2.65 bits per heavy atom. The van der Waals surface area contributed by atoms with Crippen molar-refractivity contribution < 1.29 is 4.79 Å². The maximum atomic E-state index is 12.8. The molecule has 136 valence electrons. The summed E-state index contributed by atoms with van der Waals surface area (Å²) in [5.41, 5.74) is 2.61. The number of halogens is 1. The van der Waals surface area contributed by atoms with Crippen molar-refractivity contribution in [3.63, 3.8) is 0 Å². The largest absolute Gasteiger partial charge is 0.351 e. The van der Waals surface area contributed by atoms with E-state index >= 15 is 0 Å². The van der Waals surface area contributed by atoms with Crippen molar-refractivity contribution in [3.8, 4) is 0 Å². The van der Waals surface area contributed by atoms with E-state index in [2.05, 4.69) is 47.7 Å². The Balaban J connectivity index is 1.80. The fourth-order valence-corrected chi connectivity index (χ4v) is 3.62. The number of unbranched alkanes of at least 4 members (excludes halogenated alkanes) is 1. The summed E-state index contributed by atoms with van der Waals surface area (Å²) >= 11 is 7.76. The number of carbonyl (C=O) groups is 1. The Hall–Kier alpha value is -1.91. The maximum Gasteiger partial charge on any atom is 0.268 e. The third-order valence-corrected chi connectivity index (χ3v) is 5.48. The summed E-state index contributed by atoms with van der Waals surface area (Å²) < 4.78 is 0. The molecule has 0 saturated heterocycles. The Labute approximate surface area is 163 Å². The van der Waals surface area contributed by atoms with Gasteiger partial charge in [0.25, 0.3) is 5.91 Å². The van der Waals surface area contributed by atoms with Crippen molar-refractivity contribution in [1.82, 2.24) is 10.3 Å². The van der Waals surface area contributed by atoms with Crippen LogP contribution in [0.25, 0.3) is 10.9 Å². The lowest BCUT2D eigenvalue weighted by molar-refractivity contribution is 0.0930. The van der Waals surface area contributed by atoms with Crippen LogP contribution in [-0.2, 0) is 0 Å². The summed E-state index contributed by atoms with van der Waals surface area (Å²) in [6.07, 6.45) is 5.15. The van der Waals surface area contributed by atoms with E-state index in [-0.39, 0.29) is 11.9 Å². The Morgan fingerprint density at radius 1 is 1.19 bits per heavy atom. The molecule has 0 saturated carbocycles. The number of carbonyl (C=O) groups excluding carboxylic acids is 1. The van der Waals surface area contributed by atoms with Gasteiger partial charge < -0.3 is 10.3 Å². The van der Waals surface area contributed by atoms with Crippen molar-refractivity contribution in [2.75, 3.05) is 6.26 Å². The summed E-state index contributed by atoms with van der Waals surface area (Å²) in [5, 5.41) is 4.79. The molecular weight excluding hydrogens is 364 g/mol. The molecule has 2 N–H and O–H groups in total. The number of fused-ring (bicyclic) bond motifs is 1. The Morgan fingerprint density at radius 2 is 1.96 bits per heavy atom. The number of amides is 1. The summed E-state index contributed by atoms with van der Waals surface area (Å²) in [5.74, 6) is -0.0904. The quantitative estimate of drug-likeness (QED) is 0.474. The monoisotopic (exact) mass is 386 g/mol. The fraction of sp³-hybridized carbons (Fsp3) is 0.286. The second kappa shape index (κ2) is 8.65. The minimum atomic E-state index is -0.0904. The van der Waals surface area contributed by atoms with Crippen LogP contribution in [0.4, 0.5) is 0 Å². The topological polar surface area (TPSA) is 44.9 Å². The molecule has 0 aliphatic carbocycles. The molecule has 0 aliphatic rings. The number of H-pyrrole nitrogens is 1. The van der Waals surface area contributed by atoms with Gasteiger partial charge in [0.15, 0.2) is 0 Å². The van der Waals surface area contributed by atoms with Gasteiger partial charge in [0.2, 0.25) is 0 Å². The minimum absolute atomic E-state index is 0.00774. The number of aromatic amines is 1. The number of benzene rings is 2. The molecule has 3 aromatic rings. The van der Waals surface area contributed by atoms with Crippen molar-refractivity contribution in [2.24, 2.45) is 0 Å². The lowest BCUT2D eigenvalue weighted by atomic mass is 10.0. The summed E-state index contributed by atoms with van der Waals surface area (Å²) in [6.45, 7) is 2.16. The van der Waals surface area contributed by atoms with Gasteiger partial charge in [-0.3, -0.25) is 4.79 Å². The van der Waals surface area contributed by atoms with Crippen molar-refractivity contribution >= 4 is 40.2 Å². The minimum Gasteiger partial charge on any atom is -0.351 e. The van der Waals surface area contributed by atoms with Gasteiger partial charge in [0, 0.05) is 20.8 Å². The molecule has 1 amide bonds. The molecule has 2 aromatic carbocycles. The molecule has 5 heteroatoms. The van der Waals surface area contributed by atoms with Gasteiger partial charge >= 0.3 is 0 Å². The van der Waals surface area contributed by atoms with Crippen LogP contribution < -0.4 is 5.32 Å². The number of hydrogen-bond donors (Lipinski definition) is 2. The van der Waals surface area contributed by atoms with Gasteiger partial charge in [-0.1, -0.05) is 43.5 Å². The zero-order valence-corrected chi connectivity index (χ0v) is 16.6. The van der Waals surface area contributed by atoms with Gasteiger partial charge in [-0.05, 0) is 54.6 Å². The van der Waals surface area contributed by atoms with E-state index in [0.717, 1.165) is 35.7 Å². The lowest BCUT2D eigenvalue weighted by Crippen LogP contribution is -2.28. The standard InChI is InChI=1S/C21H23ClN2OS/c1-3-4-5-18(14-6-9-17(26-2)10-7-14)24-21(25)20-13-15-12-16(22)8-11-19(15)23-20/h6-13,18,23H,3-5H2,1-2H3,(H,24,25). The van der Waals surface area contributed by atoms with Crippen LogP contribution in [0.2, 0.25) is 5.02 Å². The molecular formula is C21H23ClN2OS. The molecule has 0 bridgehead atoms. The highest BCUT2D eigenvalue weighted by atomic mass is 35.5. The molecule has 0 radical (unpaired) electrons. The molecule has 3 rings (SSSR count). The normalized spacial score (nSPS) is 12.3. The highest BCUT2D eigenvalue weighted by Gasteiger charge is 2.17. The highest BCUT2D eigenvalue weighted by molar-refractivity contribution is 7.98. The predicted molar refractivity (Wildman–Crippen MR) is 111 cm³/mol. The van der Waals surface area contributed by atoms with E-state index in [1.165, 1.54) is 4.90 Å². The zero-order valence-electron chi connectivity index (χ0n) is 15.0. The molecule has 3 nitrogen and oxygen atoms in total. The Bertz CT molecular complexity index is 889. The predicted octanol–water partition coefficient (Wildman–Crippen LogP) is 6.20. The summed E-state index contributed by atoms with van der Waals surface area (Å²) in [6, 6.07) is 15.9. The molecule has 0 spiro atoms. The molecule has 1 atom stereocenters. The van der Waals surface area contributed by atoms with E-state index in [4.69, 9.17) is 11.6 Å². The van der Waals surface area contributed by atoms with Gasteiger partial charge in [0.05, 0.1) is 6.04 Å². The molecule has 1 heterocycles.